The lowest BCUT2D eigenvalue weighted by Gasteiger charge is -2.42. The summed E-state index contributed by atoms with van der Waals surface area (Å²) in [6.07, 6.45) is 22.6. The number of fused-ring (bicyclic) bond motifs is 6. The molecule has 0 aromatic carbocycles. The molecule has 0 aromatic heterocycles. The molecule has 0 unspecified atom stereocenters. The number of esters is 3. The molecular weight excluding hydrogens is 1720 g/mol. The van der Waals surface area contributed by atoms with Crippen molar-refractivity contribution >= 4 is 64.4 Å². The highest BCUT2D eigenvalue weighted by Gasteiger charge is 2.56. The van der Waals surface area contributed by atoms with Gasteiger partial charge in [0.05, 0.1) is 42.7 Å². The van der Waals surface area contributed by atoms with E-state index in [0.717, 1.165) is 17.6 Å². The van der Waals surface area contributed by atoms with Gasteiger partial charge in [-0.05, 0) is 214 Å². The molecule has 6 fully saturated rings. The minimum absolute atomic E-state index is 0.0108. The standard InChI is InChI=1S/C54H83NO14.C51H79NO13/c1-12-47(57)67-43-24-22-39(29-46(43)65-10)28-35(5)45-31-42(56)34(4)27-37(7)49(59)50(66-11)48(58)36(6)26-32(2)18-14-13-15-19-33(3)44(64-9)30-40-23-21-38(8)54(63,69-40)51(60)52(61)55-25-17-16-20-41(55)53(62)68-45;1-30-16-12-11-13-17-31(2)42(61-8)28-38-21-19-36(7)51(60,65-38)48(57)49(58)52-23-15-14-18-39(52)50(59)64-43(33(4)26-37-20-22-40(53)44(27-37)62-9)29-41(54)32(3)25-35(6)46(56)47(63-10)45(55)34(5)24-30/h13-15,18-19,27,32,34-36,38-41,43-46,49-50,59,63H,12,16-17,20-26,28-31H2,1-11H3;11-13,16-17,25,30,32-34,36-40,42-44,46-47,53,56,60H,14-15,18-24,26-29H2,1-10H3/b15-13+,18-14+,33-19+,37-27+;13-11?,16-12+,31-17?,35-25+/t32-,34-,35-,36-,38-,39+,40+,41+,43-,44+,45+,46-,49-,50+,54-;30-,32-,33-,34-,36-,37+,38+,39+,40-,42+,43+,44-,46-,47+,51-/m11/s1. The summed E-state index contributed by atoms with van der Waals surface area (Å²) in [6, 6.07) is -2.30. The summed E-state index contributed by atoms with van der Waals surface area (Å²) in [4.78, 5) is 156. The number of nitrogens with zero attached hydrogens (tertiary/aromatic N) is 2. The third kappa shape index (κ3) is 31.4. The van der Waals surface area contributed by atoms with Gasteiger partial charge in [-0.15, -0.1) is 0 Å². The van der Waals surface area contributed by atoms with Crippen LogP contribution in [0.25, 0.3) is 0 Å². The van der Waals surface area contributed by atoms with E-state index >= 15 is 0 Å². The predicted octanol–water partition coefficient (Wildman–Crippen LogP) is 13.3. The molecule has 4 bridgehead atoms. The number of cyclic esters (lactones) is 2. The molecule has 0 aromatic rings. The van der Waals surface area contributed by atoms with Gasteiger partial charge < -0.3 is 87.4 Å². The quantitative estimate of drug-likeness (QED) is 0.0467. The van der Waals surface area contributed by atoms with Gasteiger partial charge >= 0.3 is 17.9 Å². The number of methoxy groups -OCH3 is 6. The maximum Gasteiger partial charge on any atom is 0.329 e. The van der Waals surface area contributed by atoms with Crippen molar-refractivity contribution in [3.05, 3.63) is 95.2 Å². The van der Waals surface area contributed by atoms with Crippen LogP contribution >= 0.6 is 0 Å². The van der Waals surface area contributed by atoms with E-state index in [1.807, 2.05) is 116 Å². The number of ether oxygens (including phenoxy) is 11. The number of carbonyl (C=O) groups is 11. The maximum atomic E-state index is 14.5. The molecule has 4 saturated heterocycles. The summed E-state index contributed by atoms with van der Waals surface area (Å²) in [5, 5.41) is 57.3. The Morgan fingerprint density at radius 1 is 0.455 bits per heavy atom. The number of amides is 2. The van der Waals surface area contributed by atoms with Crippen LogP contribution in [0.5, 0.6) is 0 Å². The molecular formula is C105H162N2O27. The molecule has 2 saturated carbocycles. The molecule has 29 heteroatoms. The smallest absolute Gasteiger partial charge is 0.329 e. The van der Waals surface area contributed by atoms with Crippen LogP contribution in [0, 0.1) is 71.0 Å². The average molecular weight is 1880 g/mol. The number of rotatable bonds is 14. The lowest BCUT2D eigenvalue weighted by molar-refractivity contribution is -0.265. The second-order valence-corrected chi connectivity index (χ2v) is 40.0. The average Bonchev–Trinajstić information content (AvgIpc) is 0.773. The van der Waals surface area contributed by atoms with Crippen LogP contribution in [0.4, 0.5) is 0 Å². The SMILES string of the molecule is CCC(=O)O[C@@H]1CC[C@@H](C[C@@H](C)[C@@H]2CC(=O)[C@H](C)/C=C(\C)[C@@H](O)[C@@H](OC)C(=O)[C@H](C)C[C@H](C)/C=C/C=C/C=C(\C)[C@@H](OC)C[C@@H]3CC[C@@H](C)[C@@](O)(O3)C(=O)C(=O)N3CCCC[C@H]3C(=O)O2)C[C@H]1OC.CO[C@H]1C[C@@H]2CC[C@@H](C)[C@@](O)(O2)C(=O)C(=O)N2CCCC[C@H]2C(=O)O[C@H]([C@H](C)C[C@@H]2CC[C@@H](O)[C@H](OC)C2)CC(=O)[C@H](C)/C=C(\C)[C@@H](O)[C@@H](OC)C(=O)[C@H](C)C[C@H](C)/C=C/C=CC=C1C. The Balaban J connectivity index is 0.000000366. The number of carbonyl (C=O) groups excluding carboxylic acids is 11. The van der Waals surface area contributed by atoms with Crippen molar-refractivity contribution in [3.8, 4) is 0 Å². The van der Waals surface area contributed by atoms with Gasteiger partial charge in [0.25, 0.3) is 23.4 Å². The second kappa shape index (κ2) is 54.4. The summed E-state index contributed by atoms with van der Waals surface area (Å²) in [5.74, 6) is -16.4. The summed E-state index contributed by atoms with van der Waals surface area (Å²) < 4.78 is 64.7. The predicted molar refractivity (Wildman–Crippen MR) is 504 cm³/mol. The Morgan fingerprint density at radius 2 is 0.851 bits per heavy atom. The van der Waals surface area contributed by atoms with Gasteiger partial charge in [0, 0.05) is 123 Å². The van der Waals surface area contributed by atoms with Gasteiger partial charge in [0.1, 0.15) is 66.4 Å². The van der Waals surface area contributed by atoms with Crippen LogP contribution in [0.15, 0.2) is 95.2 Å². The normalized spacial score (nSPS) is 38.9. The van der Waals surface area contributed by atoms with E-state index < -0.39 is 162 Å². The zero-order valence-corrected chi connectivity index (χ0v) is 83.8. The number of hydrogen-bond acceptors (Lipinski definition) is 27. The number of ketones is 6. The topological polar surface area (TPSA) is 397 Å². The molecule has 754 valence electrons. The Hall–Kier alpha value is -7.23. The summed E-state index contributed by atoms with van der Waals surface area (Å²) >= 11 is 0. The van der Waals surface area contributed by atoms with E-state index in [2.05, 4.69) is 0 Å². The molecule has 134 heavy (non-hydrogen) atoms. The fraction of sp³-hybridized carbons (Fsp3) is 0.743. The molecule has 8 aliphatic rings. The number of Topliss-reactive ketones (excluding diaryl/α,β-unsaturated/α-hetero) is 6. The van der Waals surface area contributed by atoms with E-state index in [0.29, 0.717) is 133 Å². The van der Waals surface area contributed by atoms with Crippen molar-refractivity contribution in [2.24, 2.45) is 71.0 Å². The van der Waals surface area contributed by atoms with E-state index in [1.54, 1.807) is 89.1 Å². The van der Waals surface area contributed by atoms with Crippen molar-refractivity contribution < 1.29 is 130 Å². The molecule has 2 aliphatic carbocycles. The van der Waals surface area contributed by atoms with Gasteiger partial charge in [-0.1, -0.05) is 149 Å². The highest BCUT2D eigenvalue weighted by atomic mass is 16.6. The number of piperidine rings is 2. The van der Waals surface area contributed by atoms with Gasteiger partial charge in [0.2, 0.25) is 11.6 Å². The number of hydrogen-bond donors (Lipinski definition) is 5. The maximum absolute atomic E-state index is 14.5. The molecule has 5 N–H and O–H groups in total. The van der Waals surface area contributed by atoms with Crippen molar-refractivity contribution in [2.45, 2.75) is 373 Å². The van der Waals surface area contributed by atoms with E-state index in [1.165, 1.54) is 24.0 Å². The summed E-state index contributed by atoms with van der Waals surface area (Å²) in [6.45, 7) is 27.2. The zero-order valence-electron chi connectivity index (χ0n) is 83.8. The fourth-order valence-corrected chi connectivity index (χ4v) is 20.6. The Bertz CT molecular complexity index is 4160. The summed E-state index contributed by atoms with van der Waals surface area (Å²) in [5.41, 5.74) is 2.52. The summed E-state index contributed by atoms with van der Waals surface area (Å²) in [7, 11) is 9.05. The minimum Gasteiger partial charge on any atom is -0.460 e. The van der Waals surface area contributed by atoms with Crippen LogP contribution < -0.4 is 0 Å². The van der Waals surface area contributed by atoms with Gasteiger partial charge in [-0.2, -0.15) is 0 Å². The molecule has 0 radical (unpaired) electrons. The van der Waals surface area contributed by atoms with Crippen LogP contribution in [-0.4, -0.2) is 265 Å². The highest BCUT2D eigenvalue weighted by Crippen LogP contribution is 2.42. The van der Waals surface area contributed by atoms with Crippen molar-refractivity contribution in [1.29, 1.82) is 0 Å². The van der Waals surface area contributed by atoms with Crippen LogP contribution in [0.2, 0.25) is 0 Å². The second-order valence-electron chi connectivity index (χ2n) is 40.0. The molecule has 2 amide bonds. The van der Waals surface area contributed by atoms with E-state index in [-0.39, 0.29) is 128 Å². The van der Waals surface area contributed by atoms with Crippen LogP contribution in [0.3, 0.4) is 0 Å². The molecule has 0 spiro atoms. The number of aliphatic hydroxyl groups is 5. The van der Waals surface area contributed by atoms with E-state index in [9.17, 15) is 78.3 Å². The van der Waals surface area contributed by atoms with Gasteiger partial charge in [-0.25, -0.2) is 9.59 Å². The van der Waals surface area contributed by atoms with E-state index in [4.69, 9.17) is 52.1 Å². The molecule has 6 heterocycles. The first kappa shape index (κ1) is 114. The van der Waals surface area contributed by atoms with Crippen molar-refractivity contribution in [3.63, 3.8) is 0 Å². The third-order valence-corrected chi connectivity index (χ3v) is 29.5. The highest BCUT2D eigenvalue weighted by molar-refractivity contribution is 6.39. The monoisotopic (exact) mass is 1880 g/mol. The molecule has 29 nitrogen and oxygen atoms in total. The number of allylic oxidation sites excluding steroid dienone is 12. The molecule has 8 rings (SSSR count). The first-order valence-electron chi connectivity index (χ1n) is 49.3. The van der Waals surface area contributed by atoms with Gasteiger partial charge in [0.15, 0.2) is 11.6 Å². The fourth-order valence-electron chi connectivity index (χ4n) is 20.6. The first-order chi connectivity index (χ1) is 63.4. The first-order valence-corrected chi connectivity index (χ1v) is 49.3. The van der Waals surface area contributed by atoms with Crippen molar-refractivity contribution in [2.75, 3.05) is 55.7 Å². The van der Waals surface area contributed by atoms with Gasteiger partial charge in [-0.3, -0.25) is 43.2 Å². The zero-order chi connectivity index (χ0) is 99.3. The largest absolute Gasteiger partial charge is 0.460 e. The third-order valence-electron chi connectivity index (χ3n) is 29.5. The molecule has 6 aliphatic heterocycles. The lowest BCUT2D eigenvalue weighted by Crippen LogP contribution is -2.61. The van der Waals surface area contributed by atoms with Crippen LogP contribution in [0.1, 0.15) is 264 Å². The molecule has 30 atom stereocenters. The Morgan fingerprint density at radius 3 is 1.23 bits per heavy atom. The van der Waals surface area contributed by atoms with Crippen LogP contribution in [-0.2, 0) is 105 Å². The Kier molecular flexibility index (Phi) is 46.2. The lowest BCUT2D eigenvalue weighted by atomic mass is 9.78. The minimum atomic E-state index is -2.44. The number of aliphatic hydroxyl groups excluding tert-OH is 3. The Labute approximate surface area is 796 Å². The van der Waals surface area contributed by atoms with Crippen molar-refractivity contribution in [1.82, 2.24) is 9.80 Å².